The second-order valence-corrected chi connectivity index (χ2v) is 6.56. The fraction of sp³-hybridized carbons (Fsp3) is 1.00. The molecule has 0 amide bonds. The summed E-state index contributed by atoms with van der Waals surface area (Å²) in [6.07, 6.45) is 0. The summed E-state index contributed by atoms with van der Waals surface area (Å²) in [6, 6.07) is 0. The molecule has 0 spiro atoms. The Morgan fingerprint density at radius 2 is 1.00 bits per heavy atom. The predicted octanol–water partition coefficient (Wildman–Crippen LogP) is 2.21. The van der Waals surface area contributed by atoms with Crippen LogP contribution in [-0.2, 0) is 18.9 Å². The average Bonchev–Trinajstić information content (AvgIpc) is 2.39. The van der Waals surface area contributed by atoms with Crippen LogP contribution in [-0.4, -0.2) is 63.0 Å². The molecule has 0 aromatic heterocycles. The van der Waals surface area contributed by atoms with E-state index >= 15 is 0 Å². The standard InChI is InChI=1S/C10H22O4S4/c15-5-1-11-9-13-3-7-17-18-8-4-14-10-12-2-6-16/h15-16H,1-10H2. The van der Waals surface area contributed by atoms with Crippen LogP contribution in [0.15, 0.2) is 0 Å². The van der Waals surface area contributed by atoms with Crippen LogP contribution < -0.4 is 0 Å². The van der Waals surface area contributed by atoms with Crippen LogP contribution in [0, 0.1) is 0 Å². The van der Waals surface area contributed by atoms with Gasteiger partial charge in [-0.05, 0) is 0 Å². The fourth-order valence-corrected chi connectivity index (χ4v) is 2.77. The van der Waals surface area contributed by atoms with Gasteiger partial charge in [-0.2, -0.15) is 25.3 Å². The lowest BCUT2D eigenvalue weighted by atomic mass is 10.8. The minimum atomic E-state index is 0.359. The molecule has 8 heteroatoms. The fourth-order valence-electron chi connectivity index (χ4n) is 0.786. The Morgan fingerprint density at radius 3 is 1.39 bits per heavy atom. The topological polar surface area (TPSA) is 36.9 Å². The highest BCUT2D eigenvalue weighted by molar-refractivity contribution is 8.76. The molecule has 0 aromatic carbocycles. The Morgan fingerprint density at radius 1 is 0.611 bits per heavy atom. The van der Waals surface area contributed by atoms with Gasteiger partial charge in [-0.3, -0.25) is 0 Å². The number of ether oxygens (including phenoxy) is 4. The third-order valence-corrected chi connectivity index (χ3v) is 4.21. The summed E-state index contributed by atoms with van der Waals surface area (Å²) in [5.41, 5.74) is 0. The zero-order valence-corrected chi connectivity index (χ0v) is 13.8. The lowest BCUT2D eigenvalue weighted by Crippen LogP contribution is -2.05. The van der Waals surface area contributed by atoms with Gasteiger partial charge in [-0.25, -0.2) is 0 Å². The highest BCUT2D eigenvalue weighted by Crippen LogP contribution is 2.20. The summed E-state index contributed by atoms with van der Waals surface area (Å²) >= 11 is 8.05. The smallest absolute Gasteiger partial charge is 0.146 e. The Labute approximate surface area is 128 Å². The summed E-state index contributed by atoms with van der Waals surface area (Å²) in [7, 11) is 3.55. The summed E-state index contributed by atoms with van der Waals surface area (Å²) in [6.45, 7) is 3.40. The minimum absolute atomic E-state index is 0.359. The lowest BCUT2D eigenvalue weighted by molar-refractivity contribution is -0.0428. The van der Waals surface area contributed by atoms with Gasteiger partial charge in [0.05, 0.1) is 26.4 Å². The molecule has 0 bridgehead atoms. The van der Waals surface area contributed by atoms with E-state index < -0.39 is 0 Å². The van der Waals surface area contributed by atoms with Crippen LogP contribution >= 0.6 is 46.8 Å². The molecule has 0 unspecified atom stereocenters. The maximum Gasteiger partial charge on any atom is 0.146 e. The minimum Gasteiger partial charge on any atom is -0.355 e. The first-order valence-corrected chi connectivity index (χ1v) is 9.44. The predicted molar refractivity (Wildman–Crippen MR) is 86.2 cm³/mol. The van der Waals surface area contributed by atoms with E-state index in [2.05, 4.69) is 25.3 Å². The summed E-state index contributed by atoms with van der Waals surface area (Å²) < 4.78 is 20.8. The molecule has 0 atom stereocenters. The van der Waals surface area contributed by atoms with Crippen LogP contribution in [0.4, 0.5) is 0 Å². The van der Waals surface area contributed by atoms with E-state index in [9.17, 15) is 0 Å². The largest absolute Gasteiger partial charge is 0.355 e. The zero-order chi connectivity index (χ0) is 13.3. The molecular weight excluding hydrogens is 312 g/mol. The average molecular weight is 335 g/mol. The van der Waals surface area contributed by atoms with Crippen molar-refractivity contribution in [3.8, 4) is 0 Å². The van der Waals surface area contributed by atoms with Gasteiger partial charge in [0.15, 0.2) is 0 Å². The molecule has 0 saturated carbocycles. The molecule has 0 aromatic rings. The quantitative estimate of drug-likeness (QED) is 0.207. The first-order chi connectivity index (χ1) is 8.91. The normalized spacial score (nSPS) is 11.0. The molecule has 110 valence electrons. The first-order valence-electron chi connectivity index (χ1n) is 5.69. The molecular formula is C10H22O4S4. The molecule has 0 aliphatic heterocycles. The third-order valence-electron chi connectivity index (χ3n) is 1.51. The van der Waals surface area contributed by atoms with Gasteiger partial charge in [0, 0.05) is 23.0 Å². The van der Waals surface area contributed by atoms with E-state index in [4.69, 9.17) is 18.9 Å². The molecule has 0 fully saturated rings. The van der Waals surface area contributed by atoms with Crippen molar-refractivity contribution in [2.24, 2.45) is 0 Å². The molecule has 0 N–H and O–H groups in total. The van der Waals surface area contributed by atoms with E-state index in [1.54, 1.807) is 21.6 Å². The molecule has 18 heavy (non-hydrogen) atoms. The molecule has 0 aliphatic carbocycles. The van der Waals surface area contributed by atoms with Crippen LogP contribution in [0.3, 0.4) is 0 Å². The van der Waals surface area contributed by atoms with Crippen molar-refractivity contribution in [2.45, 2.75) is 0 Å². The van der Waals surface area contributed by atoms with Gasteiger partial charge in [0.1, 0.15) is 13.6 Å². The van der Waals surface area contributed by atoms with Crippen LogP contribution in [0.5, 0.6) is 0 Å². The second-order valence-electron chi connectivity index (χ2n) is 2.96. The van der Waals surface area contributed by atoms with E-state index in [1.165, 1.54) is 0 Å². The molecule has 0 radical (unpaired) electrons. The van der Waals surface area contributed by atoms with Crippen molar-refractivity contribution in [2.75, 3.05) is 63.0 Å². The summed E-state index contributed by atoms with van der Waals surface area (Å²) in [5.74, 6) is 3.35. The van der Waals surface area contributed by atoms with Crippen LogP contribution in [0.2, 0.25) is 0 Å². The maximum absolute atomic E-state index is 5.26. The van der Waals surface area contributed by atoms with Gasteiger partial charge in [-0.15, -0.1) is 0 Å². The van der Waals surface area contributed by atoms with E-state index in [0.29, 0.717) is 40.0 Å². The van der Waals surface area contributed by atoms with Crippen molar-refractivity contribution in [1.29, 1.82) is 0 Å². The van der Waals surface area contributed by atoms with Gasteiger partial charge in [0.25, 0.3) is 0 Å². The molecule has 0 rings (SSSR count). The Bertz CT molecular complexity index is 138. The van der Waals surface area contributed by atoms with Crippen molar-refractivity contribution >= 4 is 46.8 Å². The molecule has 0 saturated heterocycles. The third kappa shape index (κ3) is 17.2. The van der Waals surface area contributed by atoms with Gasteiger partial charge in [0.2, 0.25) is 0 Å². The van der Waals surface area contributed by atoms with Gasteiger partial charge >= 0.3 is 0 Å². The molecule has 0 aliphatic rings. The first kappa shape index (κ1) is 19.2. The maximum atomic E-state index is 5.26. The van der Waals surface area contributed by atoms with Gasteiger partial charge in [-0.1, -0.05) is 21.6 Å². The number of hydrogen-bond donors (Lipinski definition) is 2. The van der Waals surface area contributed by atoms with Crippen molar-refractivity contribution in [3.05, 3.63) is 0 Å². The van der Waals surface area contributed by atoms with Crippen molar-refractivity contribution < 1.29 is 18.9 Å². The number of hydrogen-bond acceptors (Lipinski definition) is 8. The summed E-state index contributed by atoms with van der Waals surface area (Å²) in [4.78, 5) is 0. The van der Waals surface area contributed by atoms with Crippen molar-refractivity contribution in [1.82, 2.24) is 0 Å². The van der Waals surface area contributed by atoms with Crippen molar-refractivity contribution in [3.63, 3.8) is 0 Å². The van der Waals surface area contributed by atoms with Gasteiger partial charge < -0.3 is 18.9 Å². The Hall–Kier alpha value is 1.24. The summed E-state index contributed by atoms with van der Waals surface area (Å²) in [5, 5.41) is 0. The van der Waals surface area contributed by atoms with E-state index in [0.717, 1.165) is 23.0 Å². The molecule has 4 nitrogen and oxygen atoms in total. The molecule has 0 heterocycles. The van der Waals surface area contributed by atoms with Crippen LogP contribution in [0.25, 0.3) is 0 Å². The van der Waals surface area contributed by atoms with E-state index in [1.807, 2.05) is 0 Å². The second kappa shape index (κ2) is 18.2. The highest BCUT2D eigenvalue weighted by atomic mass is 33.1. The highest BCUT2D eigenvalue weighted by Gasteiger charge is 1.93. The lowest BCUT2D eigenvalue weighted by Gasteiger charge is -2.05. The van der Waals surface area contributed by atoms with E-state index in [-0.39, 0.29) is 0 Å². The Balaban J connectivity index is 2.86. The number of thiol groups is 2. The SMILES string of the molecule is SCCOCOCCSSCCOCOCCS. The van der Waals surface area contributed by atoms with Crippen LogP contribution in [0.1, 0.15) is 0 Å². The monoisotopic (exact) mass is 334 g/mol. The zero-order valence-electron chi connectivity index (χ0n) is 10.4. The number of rotatable bonds is 15. The Kier molecular flexibility index (Phi) is 19.5.